The van der Waals surface area contributed by atoms with Gasteiger partial charge in [-0.15, -0.1) is 0 Å². The highest BCUT2D eigenvalue weighted by Gasteiger charge is 2.38. The van der Waals surface area contributed by atoms with Gasteiger partial charge in [0.2, 0.25) is 5.95 Å². The third-order valence-corrected chi connectivity index (χ3v) is 4.79. The van der Waals surface area contributed by atoms with Crippen LogP contribution in [0, 0.1) is 0 Å². The summed E-state index contributed by atoms with van der Waals surface area (Å²) in [5, 5.41) is 0. The first-order valence-electron chi connectivity index (χ1n) is 7.33. The summed E-state index contributed by atoms with van der Waals surface area (Å²) in [6.07, 6.45) is 9.57. The molecule has 0 amide bonds. The van der Waals surface area contributed by atoms with Crippen LogP contribution in [0.3, 0.4) is 0 Å². The molecule has 3 heterocycles. The lowest BCUT2D eigenvalue weighted by Crippen LogP contribution is -2.39. The van der Waals surface area contributed by atoms with Crippen molar-refractivity contribution in [3.05, 3.63) is 58.8 Å². The Kier molecular flexibility index (Phi) is 3.26. The largest absolute Gasteiger partial charge is 0.331 e. The van der Waals surface area contributed by atoms with Crippen LogP contribution >= 0.6 is 15.9 Å². The minimum Gasteiger partial charge on any atom is -0.331 e. The summed E-state index contributed by atoms with van der Waals surface area (Å²) >= 11 is 3.40. The van der Waals surface area contributed by atoms with Crippen LogP contribution < -0.4 is 4.90 Å². The predicted octanol–water partition coefficient (Wildman–Crippen LogP) is 4.06. The third kappa shape index (κ3) is 2.38. The van der Waals surface area contributed by atoms with Crippen LogP contribution in [0.2, 0.25) is 0 Å². The van der Waals surface area contributed by atoms with Crippen LogP contribution in [0.15, 0.2) is 53.3 Å². The second kappa shape index (κ2) is 5.26. The number of halogens is 1. The summed E-state index contributed by atoms with van der Waals surface area (Å²) in [7, 11) is 0. The Hall–Kier alpha value is -1.68. The number of rotatable bonds is 2. The molecule has 2 aliphatic rings. The fourth-order valence-corrected chi connectivity index (χ4v) is 3.65. The lowest BCUT2D eigenvalue weighted by Gasteiger charge is -2.34. The van der Waals surface area contributed by atoms with Gasteiger partial charge in [0, 0.05) is 18.4 Å². The SMILES string of the molecule is Brc1cnc(N2C3C=C(c4ccccc4)CC2CC3)nc1. The number of benzene rings is 1. The number of hydrogen-bond acceptors (Lipinski definition) is 3. The third-order valence-electron chi connectivity index (χ3n) is 4.38. The molecular weight excluding hydrogens is 326 g/mol. The van der Waals surface area contributed by atoms with Crippen molar-refractivity contribution in [2.24, 2.45) is 0 Å². The van der Waals surface area contributed by atoms with Gasteiger partial charge in [0.1, 0.15) is 0 Å². The van der Waals surface area contributed by atoms with Gasteiger partial charge in [0.15, 0.2) is 0 Å². The second-order valence-corrected chi connectivity index (χ2v) is 6.58. The standard InChI is InChI=1S/C17H16BrN3/c18-14-10-19-17(20-11-14)21-15-6-7-16(21)9-13(8-15)12-4-2-1-3-5-12/h1-5,8,10-11,15-16H,6-7,9H2. The maximum absolute atomic E-state index is 4.48. The first-order valence-corrected chi connectivity index (χ1v) is 8.12. The van der Waals surface area contributed by atoms with E-state index in [-0.39, 0.29) is 0 Å². The van der Waals surface area contributed by atoms with Gasteiger partial charge in [-0.2, -0.15) is 0 Å². The van der Waals surface area contributed by atoms with E-state index in [2.05, 4.69) is 67.2 Å². The van der Waals surface area contributed by atoms with E-state index in [1.807, 2.05) is 12.4 Å². The lowest BCUT2D eigenvalue weighted by molar-refractivity contribution is 0.640. The molecule has 21 heavy (non-hydrogen) atoms. The van der Waals surface area contributed by atoms with Crippen LogP contribution in [0.5, 0.6) is 0 Å². The van der Waals surface area contributed by atoms with E-state index in [1.165, 1.54) is 24.0 Å². The maximum atomic E-state index is 4.48. The fraction of sp³-hybridized carbons (Fsp3) is 0.294. The predicted molar refractivity (Wildman–Crippen MR) is 88.1 cm³/mol. The van der Waals surface area contributed by atoms with Crippen LogP contribution in [0.25, 0.3) is 5.57 Å². The van der Waals surface area contributed by atoms with Crippen LogP contribution in [-0.4, -0.2) is 22.1 Å². The summed E-state index contributed by atoms with van der Waals surface area (Å²) in [6, 6.07) is 11.7. The van der Waals surface area contributed by atoms with Gasteiger partial charge in [-0.1, -0.05) is 36.4 Å². The molecule has 1 aromatic heterocycles. The average molecular weight is 342 g/mol. The van der Waals surface area contributed by atoms with Crippen LogP contribution in [-0.2, 0) is 0 Å². The Morgan fingerprint density at radius 3 is 2.52 bits per heavy atom. The van der Waals surface area contributed by atoms with Crippen LogP contribution in [0.4, 0.5) is 5.95 Å². The average Bonchev–Trinajstić information content (AvgIpc) is 2.79. The van der Waals surface area contributed by atoms with E-state index in [1.54, 1.807) is 0 Å². The molecule has 3 nitrogen and oxygen atoms in total. The molecule has 2 bridgehead atoms. The van der Waals surface area contributed by atoms with Gasteiger partial charge >= 0.3 is 0 Å². The van der Waals surface area contributed by atoms with Gasteiger partial charge in [-0.3, -0.25) is 0 Å². The molecule has 2 unspecified atom stereocenters. The highest BCUT2D eigenvalue weighted by atomic mass is 79.9. The van der Waals surface area contributed by atoms with E-state index in [4.69, 9.17) is 0 Å². The minimum absolute atomic E-state index is 0.431. The minimum atomic E-state index is 0.431. The molecule has 0 aliphatic carbocycles. The van der Waals surface area contributed by atoms with E-state index in [0.29, 0.717) is 12.1 Å². The van der Waals surface area contributed by atoms with Crippen molar-refractivity contribution in [3.63, 3.8) is 0 Å². The van der Waals surface area contributed by atoms with Crippen molar-refractivity contribution >= 4 is 27.5 Å². The van der Waals surface area contributed by atoms with Gasteiger partial charge in [0.25, 0.3) is 0 Å². The van der Waals surface area contributed by atoms with Crippen molar-refractivity contribution < 1.29 is 0 Å². The molecule has 2 atom stereocenters. The number of hydrogen-bond donors (Lipinski definition) is 0. The van der Waals surface area contributed by atoms with Gasteiger partial charge in [-0.25, -0.2) is 9.97 Å². The Morgan fingerprint density at radius 2 is 1.81 bits per heavy atom. The fourth-order valence-electron chi connectivity index (χ4n) is 3.45. The zero-order valence-electron chi connectivity index (χ0n) is 11.6. The molecule has 106 valence electrons. The van der Waals surface area contributed by atoms with E-state index in [9.17, 15) is 0 Å². The summed E-state index contributed by atoms with van der Waals surface area (Å²) in [6.45, 7) is 0. The molecular formula is C17H16BrN3. The number of anilines is 1. The molecule has 0 N–H and O–H groups in total. The lowest BCUT2D eigenvalue weighted by atomic mass is 9.95. The van der Waals surface area contributed by atoms with Crippen molar-refractivity contribution in [2.75, 3.05) is 4.90 Å². The molecule has 1 aromatic carbocycles. The molecule has 4 rings (SSSR count). The topological polar surface area (TPSA) is 29.0 Å². The maximum Gasteiger partial charge on any atom is 0.226 e. The number of nitrogens with zero attached hydrogens (tertiary/aromatic N) is 3. The Balaban J connectivity index is 1.66. The number of aromatic nitrogens is 2. The number of fused-ring (bicyclic) bond motifs is 2. The summed E-state index contributed by atoms with van der Waals surface area (Å²) in [5.41, 5.74) is 2.82. The van der Waals surface area contributed by atoms with Crippen molar-refractivity contribution in [1.82, 2.24) is 9.97 Å². The summed E-state index contributed by atoms with van der Waals surface area (Å²) in [4.78, 5) is 11.3. The summed E-state index contributed by atoms with van der Waals surface area (Å²) in [5.74, 6) is 0.856. The van der Waals surface area contributed by atoms with Crippen molar-refractivity contribution in [1.29, 1.82) is 0 Å². The van der Waals surface area contributed by atoms with Gasteiger partial charge < -0.3 is 4.90 Å². The normalized spacial score (nSPS) is 24.0. The Morgan fingerprint density at radius 1 is 1.05 bits per heavy atom. The molecule has 1 saturated heterocycles. The zero-order valence-corrected chi connectivity index (χ0v) is 13.2. The first kappa shape index (κ1) is 13.0. The van der Waals surface area contributed by atoms with Gasteiger partial charge in [-0.05, 0) is 46.3 Å². The monoisotopic (exact) mass is 341 g/mol. The zero-order chi connectivity index (χ0) is 14.2. The van der Waals surface area contributed by atoms with E-state index >= 15 is 0 Å². The van der Waals surface area contributed by atoms with Gasteiger partial charge in [0.05, 0.1) is 10.5 Å². The second-order valence-electron chi connectivity index (χ2n) is 5.67. The van der Waals surface area contributed by atoms with Crippen molar-refractivity contribution in [3.8, 4) is 0 Å². The molecule has 1 fully saturated rings. The summed E-state index contributed by atoms with van der Waals surface area (Å²) < 4.78 is 0.927. The molecule has 2 aliphatic heterocycles. The van der Waals surface area contributed by atoms with E-state index in [0.717, 1.165) is 16.8 Å². The first-order chi connectivity index (χ1) is 10.3. The highest BCUT2D eigenvalue weighted by Crippen LogP contribution is 2.40. The Labute approximate surface area is 132 Å². The molecule has 4 heteroatoms. The quantitative estimate of drug-likeness (QED) is 0.824. The van der Waals surface area contributed by atoms with Crippen molar-refractivity contribution in [2.45, 2.75) is 31.3 Å². The molecule has 0 spiro atoms. The molecule has 0 radical (unpaired) electrons. The molecule has 0 saturated carbocycles. The van der Waals surface area contributed by atoms with Crippen LogP contribution in [0.1, 0.15) is 24.8 Å². The Bertz CT molecular complexity index is 666. The van der Waals surface area contributed by atoms with E-state index < -0.39 is 0 Å². The highest BCUT2D eigenvalue weighted by molar-refractivity contribution is 9.10. The molecule has 2 aromatic rings. The smallest absolute Gasteiger partial charge is 0.226 e.